The van der Waals surface area contributed by atoms with Crippen molar-refractivity contribution in [3.8, 4) is 0 Å². The van der Waals surface area contributed by atoms with E-state index in [9.17, 15) is 18.4 Å². The highest BCUT2D eigenvalue weighted by molar-refractivity contribution is 5.85. The second-order valence-corrected chi connectivity index (χ2v) is 10.5. The summed E-state index contributed by atoms with van der Waals surface area (Å²) < 4.78 is 32.5. The zero-order valence-corrected chi connectivity index (χ0v) is 22.3. The fourth-order valence-corrected chi connectivity index (χ4v) is 4.17. The summed E-state index contributed by atoms with van der Waals surface area (Å²) in [6.07, 6.45) is 1.35. The summed E-state index contributed by atoms with van der Waals surface area (Å²) in [5, 5.41) is 2.99. The minimum atomic E-state index is -0.654. The zero-order valence-electron chi connectivity index (χ0n) is 22.3. The van der Waals surface area contributed by atoms with Crippen LogP contribution in [0.2, 0.25) is 0 Å². The van der Waals surface area contributed by atoms with E-state index in [1.807, 2.05) is 20.8 Å². The molecule has 2 aromatic rings. The highest BCUT2D eigenvalue weighted by atomic mass is 19.1. The van der Waals surface area contributed by atoms with Crippen LogP contribution in [0.25, 0.3) is 0 Å². The summed E-state index contributed by atoms with van der Waals surface area (Å²) in [5.41, 5.74) is 1.20. The van der Waals surface area contributed by atoms with Gasteiger partial charge in [-0.3, -0.25) is 9.69 Å². The van der Waals surface area contributed by atoms with Gasteiger partial charge in [-0.2, -0.15) is 0 Å². The average molecular weight is 503 g/mol. The molecule has 0 aliphatic carbocycles. The normalized spacial score (nSPS) is 12.5. The molecular formula is C29H40F2N2O3. The summed E-state index contributed by atoms with van der Waals surface area (Å²) >= 11 is 0. The molecule has 1 N–H and O–H groups in total. The van der Waals surface area contributed by atoms with Gasteiger partial charge in [-0.1, -0.05) is 38.1 Å². The molecule has 0 aromatic heterocycles. The van der Waals surface area contributed by atoms with Gasteiger partial charge in [-0.05, 0) is 88.3 Å². The first-order valence-corrected chi connectivity index (χ1v) is 12.7. The lowest BCUT2D eigenvalue weighted by atomic mass is 9.87. The Morgan fingerprint density at radius 1 is 0.944 bits per heavy atom. The van der Waals surface area contributed by atoms with Crippen LogP contribution in [0.1, 0.15) is 77.8 Å². The summed E-state index contributed by atoms with van der Waals surface area (Å²) in [4.78, 5) is 27.4. The van der Waals surface area contributed by atoms with Crippen LogP contribution in [-0.4, -0.2) is 41.6 Å². The maximum atomic E-state index is 13.5. The molecule has 0 radical (unpaired) electrons. The van der Waals surface area contributed by atoms with Gasteiger partial charge in [0.1, 0.15) is 23.3 Å². The van der Waals surface area contributed by atoms with E-state index in [0.29, 0.717) is 32.4 Å². The molecule has 1 atom stereocenters. The molecule has 0 saturated heterocycles. The van der Waals surface area contributed by atoms with Crippen LogP contribution in [0.15, 0.2) is 48.5 Å². The third-order valence-electron chi connectivity index (χ3n) is 5.86. The van der Waals surface area contributed by atoms with Gasteiger partial charge in [0.2, 0.25) is 5.91 Å². The van der Waals surface area contributed by atoms with Crippen LogP contribution in [0.3, 0.4) is 0 Å². The quantitative estimate of drug-likeness (QED) is 0.349. The molecule has 5 nitrogen and oxygen atoms in total. The number of amides is 2. The number of carbonyl (C=O) groups is 2. The molecule has 0 bridgehead atoms. The van der Waals surface area contributed by atoms with E-state index >= 15 is 0 Å². The first-order valence-electron chi connectivity index (χ1n) is 12.7. The van der Waals surface area contributed by atoms with E-state index in [2.05, 4.69) is 5.32 Å². The number of hydrogen-bond donors (Lipinski definition) is 1. The van der Waals surface area contributed by atoms with Crippen LogP contribution in [-0.2, 0) is 9.53 Å². The summed E-state index contributed by atoms with van der Waals surface area (Å²) in [5.74, 6) is -0.699. The van der Waals surface area contributed by atoms with Gasteiger partial charge in [0.15, 0.2) is 0 Å². The third kappa shape index (κ3) is 9.25. The van der Waals surface area contributed by atoms with Crippen LogP contribution in [0, 0.1) is 17.6 Å². The molecule has 0 fully saturated rings. The molecule has 0 spiro atoms. The van der Waals surface area contributed by atoms with Crippen molar-refractivity contribution in [3.63, 3.8) is 0 Å². The predicted octanol–water partition coefficient (Wildman–Crippen LogP) is 6.66. The number of hydrogen-bond acceptors (Lipinski definition) is 3. The number of nitrogens with zero attached hydrogens (tertiary/aromatic N) is 1. The molecule has 2 rings (SSSR count). The van der Waals surface area contributed by atoms with E-state index in [1.54, 1.807) is 45.0 Å². The van der Waals surface area contributed by atoms with Gasteiger partial charge >= 0.3 is 6.09 Å². The Labute approximate surface area is 214 Å². The second-order valence-electron chi connectivity index (χ2n) is 10.5. The monoisotopic (exact) mass is 502 g/mol. The van der Waals surface area contributed by atoms with Crippen LogP contribution >= 0.6 is 0 Å². The Bertz CT molecular complexity index is 924. The van der Waals surface area contributed by atoms with Crippen molar-refractivity contribution in [2.45, 2.75) is 78.4 Å². The highest BCUT2D eigenvalue weighted by Crippen LogP contribution is 2.29. The van der Waals surface area contributed by atoms with Crippen LogP contribution in [0.5, 0.6) is 0 Å². The summed E-state index contributed by atoms with van der Waals surface area (Å²) in [7, 11) is 0. The molecule has 7 heteroatoms. The number of ether oxygens (including phenoxy) is 1. The fourth-order valence-electron chi connectivity index (χ4n) is 4.17. The first-order chi connectivity index (χ1) is 16.9. The van der Waals surface area contributed by atoms with Gasteiger partial charge in [0.25, 0.3) is 0 Å². The van der Waals surface area contributed by atoms with Crippen molar-refractivity contribution in [1.29, 1.82) is 0 Å². The Morgan fingerprint density at radius 2 is 1.44 bits per heavy atom. The van der Waals surface area contributed by atoms with Crippen molar-refractivity contribution in [2.24, 2.45) is 5.92 Å². The van der Waals surface area contributed by atoms with Gasteiger partial charge in [0, 0.05) is 19.0 Å². The topological polar surface area (TPSA) is 58.6 Å². The maximum Gasteiger partial charge on any atom is 0.410 e. The Hall–Kier alpha value is -2.96. The Balaban J connectivity index is 2.08. The Kier molecular flexibility index (Phi) is 10.9. The van der Waals surface area contributed by atoms with Gasteiger partial charge in [0.05, 0.1) is 0 Å². The van der Waals surface area contributed by atoms with Crippen LogP contribution in [0.4, 0.5) is 13.6 Å². The lowest BCUT2D eigenvalue weighted by molar-refractivity contribution is -0.127. The average Bonchev–Trinajstić information content (AvgIpc) is 2.79. The second kappa shape index (κ2) is 13.4. The number of halogens is 2. The number of carbonyl (C=O) groups excluding carboxylic acids is 2. The van der Waals surface area contributed by atoms with Crippen molar-refractivity contribution >= 4 is 12.0 Å². The highest BCUT2D eigenvalue weighted by Gasteiger charge is 2.32. The fraction of sp³-hybridized carbons (Fsp3) is 0.517. The number of benzene rings is 2. The predicted molar refractivity (Wildman–Crippen MR) is 139 cm³/mol. The third-order valence-corrected chi connectivity index (χ3v) is 5.86. The maximum absolute atomic E-state index is 13.5. The van der Waals surface area contributed by atoms with Crippen molar-refractivity contribution in [2.75, 3.05) is 13.1 Å². The lowest BCUT2D eigenvalue weighted by Crippen LogP contribution is -2.51. The molecule has 2 amide bonds. The zero-order chi connectivity index (χ0) is 26.9. The molecule has 0 aliphatic heterocycles. The smallest absolute Gasteiger partial charge is 0.410 e. The van der Waals surface area contributed by atoms with E-state index in [0.717, 1.165) is 11.1 Å². The van der Waals surface area contributed by atoms with E-state index in [-0.39, 0.29) is 29.4 Å². The van der Waals surface area contributed by atoms with Gasteiger partial charge in [-0.15, -0.1) is 0 Å². The van der Waals surface area contributed by atoms with E-state index in [1.165, 1.54) is 29.2 Å². The van der Waals surface area contributed by atoms with Gasteiger partial charge < -0.3 is 10.1 Å². The number of nitrogens with one attached hydrogen (secondary N) is 1. The van der Waals surface area contributed by atoms with Gasteiger partial charge in [-0.25, -0.2) is 13.6 Å². The lowest BCUT2D eigenvalue weighted by Gasteiger charge is -2.33. The van der Waals surface area contributed by atoms with Crippen molar-refractivity contribution in [1.82, 2.24) is 10.2 Å². The molecule has 0 unspecified atom stereocenters. The minimum absolute atomic E-state index is 0.0662. The number of rotatable bonds is 11. The molecule has 36 heavy (non-hydrogen) atoms. The molecule has 198 valence electrons. The largest absolute Gasteiger partial charge is 0.444 e. The summed E-state index contributed by atoms with van der Waals surface area (Å²) in [6.45, 7) is 12.0. The molecule has 2 aromatic carbocycles. The number of likely N-dealkylation sites (N-methyl/N-ethyl adjacent to an activating group) is 1. The molecular weight excluding hydrogens is 462 g/mol. The molecule has 0 aliphatic rings. The van der Waals surface area contributed by atoms with Crippen molar-refractivity contribution in [3.05, 3.63) is 71.3 Å². The standard InChI is InChI=1S/C29H40F2N2O3/c1-7-33(28(35)36-29(4,5)6)26(19-20(2)3)27(34)32-18-8-9-25(21-10-14-23(30)15-11-21)22-12-16-24(31)17-13-22/h10-17,20,25-26H,7-9,18-19H2,1-6H3,(H,32,34)/t26-/m0/s1. The van der Waals surface area contributed by atoms with E-state index in [4.69, 9.17) is 4.74 Å². The van der Waals surface area contributed by atoms with Crippen molar-refractivity contribution < 1.29 is 23.1 Å². The van der Waals surface area contributed by atoms with E-state index < -0.39 is 17.7 Å². The minimum Gasteiger partial charge on any atom is -0.444 e. The molecule has 0 saturated carbocycles. The first kappa shape index (κ1) is 29.3. The summed E-state index contributed by atoms with van der Waals surface area (Å²) in [6, 6.07) is 12.0. The van der Waals surface area contributed by atoms with Crippen LogP contribution < -0.4 is 5.32 Å². The Morgan fingerprint density at radius 3 is 1.86 bits per heavy atom. The SMILES string of the molecule is CCN(C(=O)OC(C)(C)C)[C@@H](CC(C)C)C(=O)NCCCC(c1ccc(F)cc1)c1ccc(F)cc1. The molecule has 0 heterocycles.